The van der Waals surface area contributed by atoms with Crippen LogP contribution in [0.1, 0.15) is 18.6 Å². The van der Waals surface area contributed by atoms with E-state index in [4.69, 9.17) is 4.42 Å². The molecule has 0 unspecified atom stereocenters. The molecule has 0 aliphatic carbocycles. The lowest BCUT2D eigenvalue weighted by molar-refractivity contribution is -0.137. The monoisotopic (exact) mass is 306 g/mol. The summed E-state index contributed by atoms with van der Waals surface area (Å²) in [7, 11) is 0. The van der Waals surface area contributed by atoms with E-state index in [0.717, 1.165) is 10.9 Å². The van der Waals surface area contributed by atoms with Gasteiger partial charge in [0.05, 0.1) is 12.8 Å². The summed E-state index contributed by atoms with van der Waals surface area (Å²) >= 11 is 1.47. The molecular weight excluding hydrogens is 292 g/mol. The molecule has 2 amide bonds. The summed E-state index contributed by atoms with van der Waals surface area (Å²) in [5.41, 5.74) is 0. The zero-order chi connectivity index (χ0) is 14.7. The predicted molar refractivity (Wildman–Crippen MR) is 74.5 cm³/mol. The minimum Gasteiger partial charge on any atom is -0.467 e. The van der Waals surface area contributed by atoms with Crippen LogP contribution >= 0.6 is 11.8 Å². The Labute approximate surface area is 125 Å². The van der Waals surface area contributed by atoms with Gasteiger partial charge in [-0.2, -0.15) is 0 Å². The standard InChI is InChI=1S/C13H14N4O3S/c18-11-3-4-12(19)17(11)5-7-21-13-15-14-9-16(13)8-10-2-1-6-20-10/h1-2,6,9H,3-5,7-8H2. The van der Waals surface area contributed by atoms with E-state index in [2.05, 4.69) is 10.2 Å². The minimum absolute atomic E-state index is 0.0855. The molecule has 1 saturated heterocycles. The molecule has 1 fully saturated rings. The van der Waals surface area contributed by atoms with Gasteiger partial charge in [0, 0.05) is 25.1 Å². The van der Waals surface area contributed by atoms with Crippen LogP contribution in [0.4, 0.5) is 0 Å². The van der Waals surface area contributed by atoms with Crippen molar-refractivity contribution >= 4 is 23.6 Å². The Bertz CT molecular complexity index is 622. The van der Waals surface area contributed by atoms with E-state index in [-0.39, 0.29) is 11.8 Å². The summed E-state index contributed by atoms with van der Waals surface area (Å²) in [5.74, 6) is 1.26. The molecule has 2 aromatic heterocycles. The largest absolute Gasteiger partial charge is 0.467 e. The number of likely N-dealkylation sites (tertiary alicyclic amines) is 1. The molecule has 2 aromatic rings. The molecule has 0 aromatic carbocycles. The molecule has 1 aliphatic heterocycles. The fraction of sp³-hybridized carbons (Fsp3) is 0.385. The molecule has 110 valence electrons. The number of hydrogen-bond donors (Lipinski definition) is 0. The van der Waals surface area contributed by atoms with Gasteiger partial charge in [0.2, 0.25) is 11.8 Å². The molecule has 0 radical (unpaired) electrons. The van der Waals surface area contributed by atoms with E-state index in [1.165, 1.54) is 16.7 Å². The smallest absolute Gasteiger partial charge is 0.229 e. The van der Waals surface area contributed by atoms with Crippen LogP contribution in [0.25, 0.3) is 0 Å². The van der Waals surface area contributed by atoms with Gasteiger partial charge < -0.3 is 8.98 Å². The number of aromatic nitrogens is 3. The van der Waals surface area contributed by atoms with Gasteiger partial charge in [0.1, 0.15) is 12.1 Å². The fourth-order valence-corrected chi connectivity index (χ4v) is 2.97. The lowest BCUT2D eigenvalue weighted by atomic mass is 10.4. The lowest BCUT2D eigenvalue weighted by Crippen LogP contribution is -2.31. The SMILES string of the molecule is O=C1CCC(=O)N1CCSc1nncn1Cc1ccco1. The quantitative estimate of drug-likeness (QED) is 0.588. The number of imide groups is 1. The molecule has 0 atom stereocenters. The van der Waals surface area contributed by atoms with Crippen LogP contribution in [0.2, 0.25) is 0 Å². The maximum absolute atomic E-state index is 11.5. The van der Waals surface area contributed by atoms with E-state index in [9.17, 15) is 9.59 Å². The Morgan fingerprint density at radius 3 is 2.81 bits per heavy atom. The van der Waals surface area contributed by atoms with Gasteiger partial charge in [-0.3, -0.25) is 14.5 Å². The number of thioether (sulfide) groups is 1. The van der Waals surface area contributed by atoms with Crippen molar-refractivity contribution in [2.45, 2.75) is 24.5 Å². The van der Waals surface area contributed by atoms with E-state index >= 15 is 0 Å². The van der Waals surface area contributed by atoms with Crippen molar-refractivity contribution < 1.29 is 14.0 Å². The number of hydrogen-bond acceptors (Lipinski definition) is 6. The van der Waals surface area contributed by atoms with Crippen LogP contribution in [-0.4, -0.2) is 43.8 Å². The van der Waals surface area contributed by atoms with E-state index in [0.29, 0.717) is 31.7 Å². The molecule has 0 spiro atoms. The van der Waals surface area contributed by atoms with Crippen LogP contribution in [0.15, 0.2) is 34.3 Å². The van der Waals surface area contributed by atoms with Gasteiger partial charge in [0.15, 0.2) is 5.16 Å². The van der Waals surface area contributed by atoms with Crippen LogP contribution in [-0.2, 0) is 16.1 Å². The number of carbonyl (C=O) groups is 2. The molecule has 0 N–H and O–H groups in total. The fourth-order valence-electron chi connectivity index (χ4n) is 2.14. The highest BCUT2D eigenvalue weighted by Gasteiger charge is 2.28. The van der Waals surface area contributed by atoms with Crippen LogP contribution < -0.4 is 0 Å². The first-order valence-corrected chi connectivity index (χ1v) is 7.59. The predicted octanol–water partition coefficient (Wildman–Crippen LogP) is 1.16. The Balaban J connectivity index is 1.55. The first-order valence-electron chi connectivity index (χ1n) is 6.60. The Hall–Kier alpha value is -2.09. The summed E-state index contributed by atoms with van der Waals surface area (Å²) < 4.78 is 7.16. The van der Waals surface area contributed by atoms with E-state index < -0.39 is 0 Å². The number of amides is 2. The topological polar surface area (TPSA) is 81.2 Å². The molecule has 0 bridgehead atoms. The second-order valence-corrected chi connectivity index (χ2v) is 5.67. The average Bonchev–Trinajstić information content (AvgIpc) is 3.18. The van der Waals surface area contributed by atoms with E-state index in [1.54, 1.807) is 12.6 Å². The number of furan rings is 1. The highest BCUT2D eigenvalue weighted by Crippen LogP contribution is 2.18. The Kier molecular flexibility index (Phi) is 4.05. The van der Waals surface area contributed by atoms with Gasteiger partial charge in [-0.15, -0.1) is 10.2 Å². The van der Waals surface area contributed by atoms with Crippen molar-refractivity contribution in [1.82, 2.24) is 19.7 Å². The first kappa shape index (κ1) is 13.9. The minimum atomic E-state index is -0.0855. The summed E-state index contributed by atoms with van der Waals surface area (Å²) in [4.78, 5) is 24.3. The van der Waals surface area contributed by atoms with Crippen LogP contribution in [0.5, 0.6) is 0 Å². The zero-order valence-electron chi connectivity index (χ0n) is 11.3. The van der Waals surface area contributed by atoms with Gasteiger partial charge in [-0.25, -0.2) is 0 Å². The molecular formula is C13H14N4O3S. The third kappa shape index (κ3) is 3.15. The third-order valence-corrected chi connectivity index (χ3v) is 4.15. The molecule has 0 saturated carbocycles. The Morgan fingerprint density at radius 2 is 2.10 bits per heavy atom. The molecule has 3 heterocycles. The lowest BCUT2D eigenvalue weighted by Gasteiger charge is -2.12. The molecule has 3 rings (SSSR count). The van der Waals surface area contributed by atoms with Crippen LogP contribution in [0.3, 0.4) is 0 Å². The number of nitrogens with zero attached hydrogens (tertiary/aromatic N) is 4. The molecule has 8 heteroatoms. The van der Waals surface area contributed by atoms with Gasteiger partial charge >= 0.3 is 0 Å². The maximum atomic E-state index is 11.5. The molecule has 7 nitrogen and oxygen atoms in total. The summed E-state index contributed by atoms with van der Waals surface area (Å²) in [6.45, 7) is 0.972. The third-order valence-electron chi connectivity index (χ3n) is 3.19. The highest BCUT2D eigenvalue weighted by molar-refractivity contribution is 7.99. The van der Waals surface area contributed by atoms with Gasteiger partial charge in [0.25, 0.3) is 0 Å². The highest BCUT2D eigenvalue weighted by atomic mass is 32.2. The summed E-state index contributed by atoms with van der Waals surface area (Å²) in [6, 6.07) is 3.72. The average molecular weight is 306 g/mol. The van der Waals surface area contributed by atoms with Crippen molar-refractivity contribution in [2.75, 3.05) is 12.3 Å². The second-order valence-electron chi connectivity index (χ2n) is 4.61. The van der Waals surface area contributed by atoms with Crippen molar-refractivity contribution in [3.63, 3.8) is 0 Å². The van der Waals surface area contributed by atoms with E-state index in [1.807, 2.05) is 16.7 Å². The zero-order valence-corrected chi connectivity index (χ0v) is 12.1. The Morgan fingerprint density at radius 1 is 1.29 bits per heavy atom. The van der Waals surface area contributed by atoms with Crippen LogP contribution in [0, 0.1) is 0 Å². The normalized spacial score (nSPS) is 15.1. The molecule has 21 heavy (non-hydrogen) atoms. The second kappa shape index (κ2) is 6.13. The number of rotatable bonds is 6. The van der Waals surface area contributed by atoms with Gasteiger partial charge in [-0.05, 0) is 12.1 Å². The van der Waals surface area contributed by atoms with Crippen molar-refractivity contribution in [1.29, 1.82) is 0 Å². The molecule has 1 aliphatic rings. The maximum Gasteiger partial charge on any atom is 0.229 e. The number of carbonyl (C=O) groups excluding carboxylic acids is 2. The van der Waals surface area contributed by atoms with Gasteiger partial charge in [-0.1, -0.05) is 11.8 Å². The van der Waals surface area contributed by atoms with Crippen molar-refractivity contribution in [3.8, 4) is 0 Å². The summed E-state index contributed by atoms with van der Waals surface area (Å²) in [5, 5.41) is 8.67. The first-order chi connectivity index (χ1) is 10.2. The van der Waals surface area contributed by atoms with Crippen molar-refractivity contribution in [2.24, 2.45) is 0 Å². The van der Waals surface area contributed by atoms with Crippen molar-refractivity contribution in [3.05, 3.63) is 30.5 Å². The summed E-state index contributed by atoms with van der Waals surface area (Å²) in [6.07, 6.45) is 3.92.